The van der Waals surface area contributed by atoms with E-state index in [1.165, 1.54) is 0 Å². The first-order chi connectivity index (χ1) is 12.7. The average Bonchev–Trinajstić information content (AvgIpc) is 2.91. The van der Waals surface area contributed by atoms with Crippen LogP contribution in [0.2, 0.25) is 0 Å². The van der Waals surface area contributed by atoms with Crippen molar-refractivity contribution in [2.24, 2.45) is 5.73 Å². The number of aryl methyl sites for hydroxylation is 2. The fourth-order valence-electron chi connectivity index (χ4n) is 3.80. The number of piperidine rings is 1. The Hall–Kier alpha value is -2.32. The Labute approximate surface area is 159 Å². The first-order valence-electron chi connectivity index (χ1n) is 9.00. The quantitative estimate of drug-likeness (QED) is 0.699. The first kappa shape index (κ1) is 19.4. The molecule has 0 spiro atoms. The van der Waals surface area contributed by atoms with Crippen molar-refractivity contribution < 1.29 is 13.2 Å². The second-order valence-electron chi connectivity index (χ2n) is 7.13. The van der Waals surface area contributed by atoms with Gasteiger partial charge in [0.2, 0.25) is 15.9 Å². The number of aromatic nitrogens is 1. The van der Waals surface area contributed by atoms with Gasteiger partial charge >= 0.3 is 0 Å². The van der Waals surface area contributed by atoms with E-state index < -0.39 is 10.0 Å². The van der Waals surface area contributed by atoms with Gasteiger partial charge in [-0.05, 0) is 43.9 Å². The fraction of sp³-hybridized carbons (Fsp3) is 0.421. The lowest BCUT2D eigenvalue weighted by atomic mass is 10.0. The molecule has 27 heavy (non-hydrogen) atoms. The van der Waals surface area contributed by atoms with Gasteiger partial charge in [-0.1, -0.05) is 12.6 Å². The SMILES string of the molecule is C=CS(=O)(=O)N[C@H]1CCCN(c2ccc(CC(N)=O)c3[nH]c(C)c(C)c23)C1. The molecule has 2 aromatic rings. The lowest BCUT2D eigenvalue weighted by Gasteiger charge is -2.35. The van der Waals surface area contributed by atoms with Crippen LogP contribution in [-0.4, -0.2) is 38.4 Å². The number of carbonyl (C=O) groups is 1. The molecule has 3 rings (SSSR count). The van der Waals surface area contributed by atoms with Crippen LogP contribution in [-0.2, 0) is 21.2 Å². The highest BCUT2D eigenvalue weighted by Crippen LogP contribution is 2.35. The van der Waals surface area contributed by atoms with E-state index in [0.717, 1.165) is 58.2 Å². The Balaban J connectivity index is 1.99. The normalized spacial score (nSPS) is 18.0. The van der Waals surface area contributed by atoms with Crippen molar-refractivity contribution in [1.29, 1.82) is 0 Å². The van der Waals surface area contributed by atoms with E-state index in [9.17, 15) is 13.2 Å². The van der Waals surface area contributed by atoms with Crippen molar-refractivity contribution >= 4 is 32.5 Å². The van der Waals surface area contributed by atoms with Crippen LogP contribution in [0.3, 0.4) is 0 Å². The molecule has 2 heterocycles. The maximum atomic E-state index is 11.8. The molecule has 146 valence electrons. The van der Waals surface area contributed by atoms with Gasteiger partial charge in [-0.25, -0.2) is 13.1 Å². The van der Waals surface area contributed by atoms with E-state index in [1.54, 1.807) is 0 Å². The molecular formula is C19H26N4O3S. The standard InChI is InChI=1S/C19H26N4O3S/c1-4-27(25,26)22-15-6-5-9-23(11-15)16-8-7-14(10-17(20)24)19-18(16)12(2)13(3)21-19/h4,7-8,15,21-22H,1,5-6,9-11H2,2-3H3,(H2,20,24)/t15-/m0/s1. The smallest absolute Gasteiger partial charge is 0.233 e. The molecule has 1 aliphatic heterocycles. The van der Waals surface area contributed by atoms with Gasteiger partial charge in [-0.2, -0.15) is 0 Å². The van der Waals surface area contributed by atoms with Crippen molar-refractivity contribution in [3.8, 4) is 0 Å². The maximum absolute atomic E-state index is 11.8. The summed E-state index contributed by atoms with van der Waals surface area (Å²) in [5.74, 6) is -0.370. The van der Waals surface area contributed by atoms with Crippen LogP contribution in [0.25, 0.3) is 10.9 Å². The minimum Gasteiger partial charge on any atom is -0.369 e. The summed E-state index contributed by atoms with van der Waals surface area (Å²) in [6, 6.07) is 3.77. The Bertz CT molecular complexity index is 994. The summed E-state index contributed by atoms with van der Waals surface area (Å²) in [6.45, 7) is 8.84. The number of anilines is 1. The average molecular weight is 391 g/mol. The van der Waals surface area contributed by atoms with Crippen LogP contribution in [0.1, 0.15) is 29.7 Å². The number of benzene rings is 1. The number of nitrogens with one attached hydrogen (secondary N) is 2. The van der Waals surface area contributed by atoms with Crippen LogP contribution >= 0.6 is 0 Å². The Kier molecular flexibility index (Phi) is 5.30. The predicted octanol–water partition coefficient (Wildman–Crippen LogP) is 1.84. The third kappa shape index (κ3) is 4.01. The fourth-order valence-corrected chi connectivity index (χ4v) is 4.55. The number of hydrogen-bond donors (Lipinski definition) is 3. The molecule has 1 amide bonds. The number of nitrogens with zero attached hydrogens (tertiary/aromatic N) is 1. The molecule has 1 aromatic carbocycles. The van der Waals surface area contributed by atoms with Gasteiger partial charge in [0.15, 0.2) is 0 Å². The molecule has 0 aliphatic carbocycles. The van der Waals surface area contributed by atoms with Crippen LogP contribution < -0.4 is 15.4 Å². The Morgan fingerprint density at radius 1 is 1.44 bits per heavy atom. The number of rotatable bonds is 6. The lowest BCUT2D eigenvalue weighted by Crippen LogP contribution is -2.47. The van der Waals surface area contributed by atoms with E-state index in [1.807, 2.05) is 26.0 Å². The second-order valence-corrected chi connectivity index (χ2v) is 8.79. The molecule has 1 saturated heterocycles. The van der Waals surface area contributed by atoms with Gasteiger partial charge in [0.25, 0.3) is 0 Å². The zero-order chi connectivity index (χ0) is 19.8. The molecule has 0 saturated carbocycles. The maximum Gasteiger partial charge on any atom is 0.233 e. The highest BCUT2D eigenvalue weighted by atomic mass is 32.2. The van der Waals surface area contributed by atoms with Crippen molar-refractivity contribution in [3.63, 3.8) is 0 Å². The number of nitrogens with two attached hydrogens (primary N) is 1. The molecule has 0 unspecified atom stereocenters. The van der Waals surface area contributed by atoms with Crippen molar-refractivity contribution in [1.82, 2.24) is 9.71 Å². The van der Waals surface area contributed by atoms with E-state index in [2.05, 4.69) is 21.2 Å². The minimum absolute atomic E-state index is 0.164. The van der Waals surface area contributed by atoms with Crippen molar-refractivity contribution in [2.75, 3.05) is 18.0 Å². The number of fused-ring (bicyclic) bond motifs is 1. The summed E-state index contributed by atoms with van der Waals surface area (Å²) in [5.41, 5.74) is 10.4. The van der Waals surface area contributed by atoms with E-state index in [4.69, 9.17) is 5.73 Å². The number of H-pyrrole nitrogens is 1. The molecule has 1 aliphatic rings. The number of primary amides is 1. The second kappa shape index (κ2) is 7.36. The zero-order valence-electron chi connectivity index (χ0n) is 15.7. The highest BCUT2D eigenvalue weighted by Gasteiger charge is 2.25. The van der Waals surface area contributed by atoms with Gasteiger partial charge in [0.1, 0.15) is 0 Å². The molecule has 4 N–H and O–H groups in total. The molecule has 7 nitrogen and oxygen atoms in total. The van der Waals surface area contributed by atoms with Gasteiger partial charge in [0.05, 0.1) is 11.9 Å². The van der Waals surface area contributed by atoms with Gasteiger partial charge in [0, 0.05) is 41.3 Å². The molecule has 0 radical (unpaired) electrons. The van der Waals surface area contributed by atoms with Crippen LogP contribution in [0.4, 0.5) is 5.69 Å². The van der Waals surface area contributed by atoms with E-state index >= 15 is 0 Å². The Morgan fingerprint density at radius 2 is 2.19 bits per heavy atom. The summed E-state index contributed by atoms with van der Waals surface area (Å²) in [5, 5.41) is 2.01. The molecule has 1 atom stereocenters. The van der Waals surface area contributed by atoms with Crippen LogP contribution in [0.15, 0.2) is 24.1 Å². The van der Waals surface area contributed by atoms with Crippen molar-refractivity contribution in [2.45, 2.75) is 39.2 Å². The number of carbonyl (C=O) groups excluding carboxylic acids is 1. The topological polar surface area (TPSA) is 108 Å². The van der Waals surface area contributed by atoms with Gasteiger partial charge < -0.3 is 15.6 Å². The third-order valence-electron chi connectivity index (χ3n) is 5.20. The molecule has 0 bridgehead atoms. The summed E-state index contributed by atoms with van der Waals surface area (Å²) in [4.78, 5) is 17.0. The summed E-state index contributed by atoms with van der Waals surface area (Å²) < 4.78 is 26.4. The monoisotopic (exact) mass is 390 g/mol. The van der Waals surface area contributed by atoms with Gasteiger partial charge in [-0.15, -0.1) is 0 Å². The highest BCUT2D eigenvalue weighted by molar-refractivity contribution is 7.92. The summed E-state index contributed by atoms with van der Waals surface area (Å²) in [7, 11) is -3.46. The van der Waals surface area contributed by atoms with Crippen LogP contribution in [0.5, 0.6) is 0 Å². The first-order valence-corrected chi connectivity index (χ1v) is 10.5. The Morgan fingerprint density at radius 3 is 2.85 bits per heavy atom. The van der Waals surface area contributed by atoms with E-state index in [-0.39, 0.29) is 18.4 Å². The van der Waals surface area contributed by atoms with Crippen LogP contribution in [0, 0.1) is 13.8 Å². The predicted molar refractivity (Wildman–Crippen MR) is 108 cm³/mol. The summed E-state index contributed by atoms with van der Waals surface area (Å²) >= 11 is 0. The molecule has 8 heteroatoms. The van der Waals surface area contributed by atoms with Gasteiger partial charge in [-0.3, -0.25) is 4.79 Å². The number of aromatic amines is 1. The third-order valence-corrected chi connectivity index (χ3v) is 6.30. The number of sulfonamides is 1. The number of hydrogen-bond acceptors (Lipinski definition) is 4. The minimum atomic E-state index is -3.46. The summed E-state index contributed by atoms with van der Waals surface area (Å²) in [6.07, 6.45) is 1.85. The lowest BCUT2D eigenvalue weighted by molar-refractivity contribution is -0.117. The zero-order valence-corrected chi connectivity index (χ0v) is 16.5. The van der Waals surface area contributed by atoms with E-state index in [0.29, 0.717) is 6.54 Å². The molecule has 1 fully saturated rings. The number of amides is 1. The van der Waals surface area contributed by atoms with Crippen molar-refractivity contribution in [3.05, 3.63) is 40.9 Å². The molecular weight excluding hydrogens is 364 g/mol. The largest absolute Gasteiger partial charge is 0.369 e. The molecule has 1 aromatic heterocycles.